The molecule has 0 radical (unpaired) electrons. The molecule has 0 aromatic heterocycles. The van der Waals surface area contributed by atoms with Gasteiger partial charge in [-0.25, -0.2) is 0 Å². The minimum absolute atomic E-state index is 0.0736. The highest BCUT2D eigenvalue weighted by Gasteiger charge is 2.16. The van der Waals surface area contributed by atoms with E-state index in [0.717, 1.165) is 6.08 Å². The summed E-state index contributed by atoms with van der Waals surface area (Å²) in [7, 11) is 0. The van der Waals surface area contributed by atoms with Crippen LogP contribution in [0.5, 0.6) is 5.75 Å². The van der Waals surface area contributed by atoms with Gasteiger partial charge < -0.3 is 4.74 Å². The summed E-state index contributed by atoms with van der Waals surface area (Å²) in [6, 6.07) is 6.75. The second-order valence-electron chi connectivity index (χ2n) is 3.25. The summed E-state index contributed by atoms with van der Waals surface area (Å²) >= 11 is 5.71. The molecule has 0 N–H and O–H groups in total. The fraction of sp³-hybridized carbons (Fsp3) is 0.0909. The van der Waals surface area contributed by atoms with Gasteiger partial charge in [0.05, 0.1) is 0 Å². The van der Waals surface area contributed by atoms with E-state index in [-0.39, 0.29) is 6.61 Å². The molecule has 0 aliphatic carbocycles. The van der Waals surface area contributed by atoms with Crippen molar-refractivity contribution >= 4 is 23.3 Å². The molecule has 1 aliphatic rings. The number of hydrogen-bond acceptors (Lipinski definition) is 4. The molecule has 86 valence electrons. The van der Waals surface area contributed by atoms with E-state index in [9.17, 15) is 9.59 Å². The number of rotatable bonds is 3. The quantitative estimate of drug-likeness (QED) is 0.772. The normalized spacial score (nSPS) is 14.8. The van der Waals surface area contributed by atoms with Gasteiger partial charge in [0.1, 0.15) is 18.1 Å². The summed E-state index contributed by atoms with van der Waals surface area (Å²) in [6.07, 6.45) is 1.12. The van der Waals surface area contributed by atoms with Crippen LogP contribution in [-0.4, -0.2) is 18.3 Å². The van der Waals surface area contributed by atoms with Crippen LogP contribution in [0.3, 0.4) is 0 Å². The van der Waals surface area contributed by atoms with Crippen molar-refractivity contribution in [2.24, 2.45) is 10.2 Å². The molecule has 0 saturated heterocycles. The van der Waals surface area contributed by atoms with E-state index in [4.69, 9.17) is 16.3 Å². The minimum atomic E-state index is -0.861. The monoisotopic (exact) mass is 250 g/mol. The lowest BCUT2D eigenvalue weighted by atomic mass is 10.3. The van der Waals surface area contributed by atoms with Gasteiger partial charge in [0.15, 0.2) is 0 Å². The average Bonchev–Trinajstić information content (AvgIpc) is 2.33. The maximum Gasteiger partial charge on any atom is 0.335 e. The minimum Gasteiger partial charge on any atom is -0.487 e. The van der Waals surface area contributed by atoms with E-state index in [1.165, 1.54) is 0 Å². The molecule has 1 aromatic rings. The molecule has 0 unspecified atom stereocenters. The number of nitrogens with zero attached hydrogens (tertiary/aromatic N) is 2. The maximum atomic E-state index is 11.0. The van der Waals surface area contributed by atoms with Gasteiger partial charge in [0.25, 0.3) is 0 Å². The number of ketones is 1. The molecule has 5 nitrogen and oxygen atoms in total. The Kier molecular flexibility index (Phi) is 3.30. The number of azo groups is 1. The molecule has 1 amide bonds. The van der Waals surface area contributed by atoms with E-state index < -0.39 is 11.7 Å². The first-order valence-electron chi connectivity index (χ1n) is 4.74. The highest BCUT2D eigenvalue weighted by atomic mass is 35.5. The molecular weight excluding hydrogens is 244 g/mol. The molecule has 2 rings (SSSR count). The molecule has 0 bridgehead atoms. The third-order valence-corrected chi connectivity index (χ3v) is 2.23. The van der Waals surface area contributed by atoms with Crippen molar-refractivity contribution < 1.29 is 14.3 Å². The summed E-state index contributed by atoms with van der Waals surface area (Å²) < 4.78 is 5.34. The van der Waals surface area contributed by atoms with Gasteiger partial charge in [-0.1, -0.05) is 11.6 Å². The zero-order chi connectivity index (χ0) is 12.3. The SMILES string of the molecule is O=C1C=C(COc2ccc(Cl)cc2)N=NC1=O. The molecule has 6 heteroatoms. The van der Waals surface area contributed by atoms with Gasteiger partial charge in [-0.05, 0) is 24.3 Å². The Labute approximate surface area is 102 Å². The number of hydrogen-bond donors (Lipinski definition) is 0. The highest BCUT2D eigenvalue weighted by Crippen LogP contribution is 2.16. The van der Waals surface area contributed by atoms with E-state index in [2.05, 4.69) is 10.2 Å². The van der Waals surface area contributed by atoms with Crippen LogP contribution in [0.15, 0.2) is 46.3 Å². The van der Waals surface area contributed by atoms with Crippen molar-refractivity contribution in [3.63, 3.8) is 0 Å². The number of ether oxygens (including phenoxy) is 1. The molecule has 0 atom stereocenters. The molecule has 1 aromatic carbocycles. The lowest BCUT2D eigenvalue weighted by Gasteiger charge is -2.07. The van der Waals surface area contributed by atoms with Crippen molar-refractivity contribution in [2.75, 3.05) is 6.61 Å². The molecule has 0 spiro atoms. The zero-order valence-corrected chi connectivity index (χ0v) is 9.35. The molecule has 1 aliphatic heterocycles. The second-order valence-corrected chi connectivity index (χ2v) is 3.68. The zero-order valence-electron chi connectivity index (χ0n) is 8.59. The smallest absolute Gasteiger partial charge is 0.335 e. The summed E-state index contributed by atoms with van der Waals surface area (Å²) in [5.74, 6) is -0.954. The first-order valence-corrected chi connectivity index (χ1v) is 5.12. The van der Waals surface area contributed by atoms with Crippen LogP contribution < -0.4 is 4.74 Å². The van der Waals surface area contributed by atoms with Crippen LogP contribution in [0, 0.1) is 0 Å². The average molecular weight is 251 g/mol. The van der Waals surface area contributed by atoms with Crippen LogP contribution in [-0.2, 0) is 9.59 Å². The molecule has 0 saturated carbocycles. The molecule has 17 heavy (non-hydrogen) atoms. The Morgan fingerprint density at radius 3 is 2.47 bits per heavy atom. The summed E-state index contributed by atoms with van der Waals surface area (Å²) in [5, 5.41) is 7.35. The Morgan fingerprint density at radius 2 is 1.82 bits per heavy atom. The number of carbonyl (C=O) groups excluding carboxylic acids is 2. The Balaban J connectivity index is 1.97. The first kappa shape index (κ1) is 11.5. The number of amides is 1. The van der Waals surface area contributed by atoms with Gasteiger partial charge in [0, 0.05) is 11.1 Å². The third kappa shape index (κ3) is 2.98. The molecule has 0 fully saturated rings. The largest absolute Gasteiger partial charge is 0.487 e. The Bertz CT molecular complexity index is 520. The Hall–Kier alpha value is -2.01. The van der Waals surface area contributed by atoms with Gasteiger partial charge in [-0.15, -0.1) is 10.2 Å². The van der Waals surface area contributed by atoms with E-state index in [1.807, 2.05) is 0 Å². The van der Waals surface area contributed by atoms with Crippen LogP contribution >= 0.6 is 11.6 Å². The van der Waals surface area contributed by atoms with Crippen LogP contribution in [0.25, 0.3) is 0 Å². The van der Waals surface area contributed by atoms with Gasteiger partial charge in [-0.3, -0.25) is 9.59 Å². The van der Waals surface area contributed by atoms with Gasteiger partial charge in [-0.2, -0.15) is 0 Å². The van der Waals surface area contributed by atoms with Crippen LogP contribution in [0.1, 0.15) is 0 Å². The topological polar surface area (TPSA) is 68.1 Å². The summed E-state index contributed by atoms with van der Waals surface area (Å²) in [4.78, 5) is 21.7. The fourth-order valence-corrected chi connectivity index (χ4v) is 1.29. The maximum absolute atomic E-state index is 11.0. The third-order valence-electron chi connectivity index (χ3n) is 1.98. The van der Waals surface area contributed by atoms with Crippen molar-refractivity contribution in [1.29, 1.82) is 0 Å². The Morgan fingerprint density at radius 1 is 1.12 bits per heavy atom. The van der Waals surface area contributed by atoms with E-state index >= 15 is 0 Å². The highest BCUT2D eigenvalue weighted by molar-refractivity contribution is 6.41. The van der Waals surface area contributed by atoms with Crippen molar-refractivity contribution in [2.45, 2.75) is 0 Å². The van der Waals surface area contributed by atoms with Crippen molar-refractivity contribution in [3.8, 4) is 5.75 Å². The number of carbonyl (C=O) groups is 2. The lowest BCUT2D eigenvalue weighted by molar-refractivity contribution is -0.133. The summed E-state index contributed by atoms with van der Waals surface area (Å²) in [6.45, 7) is 0.0736. The number of benzene rings is 1. The van der Waals surface area contributed by atoms with Crippen LogP contribution in [0.4, 0.5) is 0 Å². The van der Waals surface area contributed by atoms with Gasteiger partial charge in [0.2, 0.25) is 5.78 Å². The standard InChI is InChI=1S/C11H7ClN2O3/c12-7-1-3-9(4-2-7)17-6-8-5-10(15)11(16)14-13-8/h1-5H,6H2. The predicted molar refractivity (Wildman–Crippen MR) is 59.9 cm³/mol. The van der Waals surface area contributed by atoms with Gasteiger partial charge >= 0.3 is 5.91 Å². The van der Waals surface area contributed by atoms with E-state index in [1.54, 1.807) is 24.3 Å². The van der Waals surface area contributed by atoms with Crippen molar-refractivity contribution in [3.05, 3.63) is 41.1 Å². The van der Waals surface area contributed by atoms with Crippen molar-refractivity contribution in [1.82, 2.24) is 0 Å². The van der Waals surface area contributed by atoms with E-state index in [0.29, 0.717) is 16.5 Å². The molecule has 1 heterocycles. The number of halogens is 1. The second kappa shape index (κ2) is 4.88. The first-order chi connectivity index (χ1) is 8.15. The summed E-state index contributed by atoms with van der Waals surface area (Å²) in [5.41, 5.74) is 0.310. The predicted octanol–water partition coefficient (Wildman–Crippen LogP) is 2.16. The lowest BCUT2D eigenvalue weighted by Crippen LogP contribution is -2.13. The van der Waals surface area contributed by atoms with Crippen LogP contribution in [0.2, 0.25) is 5.02 Å². The fourth-order valence-electron chi connectivity index (χ4n) is 1.16. The molecular formula is C11H7ClN2O3.